The number of carbonyl (C=O) groups is 1. The van der Waals surface area contributed by atoms with Crippen LogP contribution in [0, 0.1) is 0 Å². The van der Waals surface area contributed by atoms with Crippen molar-refractivity contribution in [1.82, 2.24) is 10.3 Å². The topological polar surface area (TPSA) is 65.1 Å². The second kappa shape index (κ2) is 3.46. The molecule has 0 fully saturated rings. The number of aryl methyl sites for hydroxylation is 1. The first-order valence-corrected chi connectivity index (χ1v) is 4.90. The van der Waals surface area contributed by atoms with E-state index in [1.807, 2.05) is 6.92 Å². The zero-order chi connectivity index (χ0) is 10.1. The van der Waals surface area contributed by atoms with Crippen molar-refractivity contribution in [2.75, 3.05) is 6.54 Å². The van der Waals surface area contributed by atoms with Gasteiger partial charge >= 0.3 is 5.97 Å². The molecule has 14 heavy (non-hydrogen) atoms. The summed E-state index contributed by atoms with van der Waals surface area (Å²) in [7, 11) is 0. The molecule has 1 aliphatic heterocycles. The molecule has 1 aliphatic rings. The van der Waals surface area contributed by atoms with E-state index in [4.69, 9.17) is 5.11 Å². The maximum atomic E-state index is 11.1. The fourth-order valence-electron chi connectivity index (χ4n) is 2.01. The van der Waals surface area contributed by atoms with Crippen molar-refractivity contribution in [3.05, 3.63) is 22.5 Å². The lowest BCUT2D eigenvalue weighted by atomic mass is 10.0. The highest BCUT2D eigenvalue weighted by Gasteiger charge is 2.22. The fourth-order valence-corrected chi connectivity index (χ4v) is 2.01. The summed E-state index contributed by atoms with van der Waals surface area (Å²) in [6.45, 7) is 3.57. The van der Waals surface area contributed by atoms with E-state index in [1.54, 1.807) is 0 Å². The molecule has 0 radical (unpaired) electrons. The Morgan fingerprint density at radius 3 is 3.00 bits per heavy atom. The van der Waals surface area contributed by atoms with Crippen molar-refractivity contribution in [3.63, 3.8) is 0 Å². The highest BCUT2D eigenvalue weighted by molar-refractivity contribution is 5.91. The van der Waals surface area contributed by atoms with Gasteiger partial charge in [0, 0.05) is 36.5 Å². The van der Waals surface area contributed by atoms with Gasteiger partial charge in [0.2, 0.25) is 0 Å². The van der Waals surface area contributed by atoms with Crippen LogP contribution < -0.4 is 5.32 Å². The quantitative estimate of drug-likeness (QED) is 0.656. The second-order valence-electron chi connectivity index (χ2n) is 3.52. The Labute approximate surface area is 82.3 Å². The molecular weight excluding hydrogens is 180 g/mol. The van der Waals surface area contributed by atoms with E-state index in [-0.39, 0.29) is 0 Å². The first-order valence-electron chi connectivity index (χ1n) is 4.90. The van der Waals surface area contributed by atoms with Crippen LogP contribution in [0.25, 0.3) is 0 Å². The number of carboxylic acid groups (broad SMARTS) is 1. The Morgan fingerprint density at radius 2 is 2.36 bits per heavy atom. The molecular formula is C10H14N2O2. The standard InChI is InChI=1S/C10H14N2O2/c1-2-7-9(10(13)14)6-5-11-4-3-8(6)12-7/h11-12H,2-5H2,1H3,(H,13,14). The smallest absolute Gasteiger partial charge is 0.337 e. The molecule has 2 rings (SSSR count). The van der Waals surface area contributed by atoms with Crippen LogP contribution in [0.15, 0.2) is 0 Å². The average Bonchev–Trinajstić information content (AvgIpc) is 2.55. The van der Waals surface area contributed by atoms with Gasteiger partial charge in [-0.25, -0.2) is 4.79 Å². The van der Waals surface area contributed by atoms with Crippen LogP contribution in [-0.2, 0) is 19.4 Å². The highest BCUT2D eigenvalue weighted by Crippen LogP contribution is 2.22. The number of aromatic amines is 1. The zero-order valence-corrected chi connectivity index (χ0v) is 8.18. The third-order valence-corrected chi connectivity index (χ3v) is 2.69. The zero-order valence-electron chi connectivity index (χ0n) is 8.18. The van der Waals surface area contributed by atoms with E-state index >= 15 is 0 Å². The number of hydrogen-bond donors (Lipinski definition) is 3. The van der Waals surface area contributed by atoms with Crippen LogP contribution in [0.2, 0.25) is 0 Å². The molecule has 0 unspecified atom stereocenters. The molecule has 1 aromatic heterocycles. The third-order valence-electron chi connectivity index (χ3n) is 2.69. The number of H-pyrrole nitrogens is 1. The van der Waals surface area contributed by atoms with Crippen molar-refractivity contribution < 1.29 is 9.90 Å². The minimum absolute atomic E-state index is 0.481. The number of hydrogen-bond acceptors (Lipinski definition) is 2. The second-order valence-corrected chi connectivity index (χ2v) is 3.52. The molecule has 4 heteroatoms. The van der Waals surface area contributed by atoms with E-state index in [9.17, 15) is 4.79 Å². The first kappa shape index (κ1) is 9.27. The molecule has 0 aromatic carbocycles. The summed E-state index contributed by atoms with van der Waals surface area (Å²) in [5.41, 5.74) is 3.37. The highest BCUT2D eigenvalue weighted by atomic mass is 16.4. The van der Waals surface area contributed by atoms with Crippen LogP contribution in [0.1, 0.15) is 34.2 Å². The Kier molecular flexibility index (Phi) is 2.29. The normalized spacial score (nSPS) is 15.2. The summed E-state index contributed by atoms with van der Waals surface area (Å²) in [6, 6.07) is 0. The van der Waals surface area contributed by atoms with Crippen LogP contribution in [0.5, 0.6) is 0 Å². The van der Waals surface area contributed by atoms with Crippen molar-refractivity contribution in [1.29, 1.82) is 0 Å². The molecule has 0 spiro atoms. The third kappa shape index (κ3) is 1.32. The predicted molar refractivity (Wildman–Crippen MR) is 52.5 cm³/mol. The van der Waals surface area contributed by atoms with E-state index in [2.05, 4.69) is 10.3 Å². The van der Waals surface area contributed by atoms with Gasteiger partial charge in [-0.3, -0.25) is 0 Å². The molecule has 2 heterocycles. The molecule has 0 amide bonds. The maximum absolute atomic E-state index is 11.1. The number of carboxylic acids is 1. The first-order chi connectivity index (χ1) is 6.74. The van der Waals surface area contributed by atoms with Crippen LogP contribution in [0.4, 0.5) is 0 Å². The summed E-state index contributed by atoms with van der Waals surface area (Å²) in [5, 5.41) is 12.3. The Balaban J connectivity index is 2.53. The van der Waals surface area contributed by atoms with Gasteiger partial charge in [-0.15, -0.1) is 0 Å². The minimum Gasteiger partial charge on any atom is -0.478 e. The number of aromatic nitrogens is 1. The number of fused-ring (bicyclic) bond motifs is 1. The molecule has 0 aliphatic carbocycles. The largest absolute Gasteiger partial charge is 0.478 e. The lowest BCUT2D eigenvalue weighted by Crippen LogP contribution is -2.24. The Morgan fingerprint density at radius 1 is 1.57 bits per heavy atom. The summed E-state index contributed by atoms with van der Waals surface area (Å²) in [6.07, 6.45) is 1.64. The van der Waals surface area contributed by atoms with Crippen molar-refractivity contribution in [2.24, 2.45) is 0 Å². The summed E-state index contributed by atoms with van der Waals surface area (Å²) < 4.78 is 0. The van der Waals surface area contributed by atoms with E-state index in [0.717, 1.165) is 36.3 Å². The number of nitrogens with one attached hydrogen (secondary N) is 2. The monoisotopic (exact) mass is 194 g/mol. The maximum Gasteiger partial charge on any atom is 0.337 e. The molecule has 0 bridgehead atoms. The van der Waals surface area contributed by atoms with Crippen LogP contribution in [0.3, 0.4) is 0 Å². The van der Waals surface area contributed by atoms with Crippen molar-refractivity contribution in [2.45, 2.75) is 26.3 Å². The van der Waals surface area contributed by atoms with Gasteiger partial charge in [0.15, 0.2) is 0 Å². The predicted octanol–water partition coefficient (Wildman–Crippen LogP) is 0.921. The Bertz CT molecular complexity index is 368. The lowest BCUT2D eigenvalue weighted by molar-refractivity contribution is 0.0694. The molecule has 3 N–H and O–H groups in total. The lowest BCUT2D eigenvalue weighted by Gasteiger charge is -2.12. The molecule has 76 valence electrons. The molecule has 0 saturated heterocycles. The van der Waals surface area contributed by atoms with Gasteiger partial charge in [-0.1, -0.05) is 6.92 Å². The molecule has 0 atom stereocenters. The Hall–Kier alpha value is -1.29. The van der Waals surface area contributed by atoms with E-state index in [1.165, 1.54) is 0 Å². The average molecular weight is 194 g/mol. The van der Waals surface area contributed by atoms with E-state index < -0.39 is 5.97 Å². The van der Waals surface area contributed by atoms with Gasteiger partial charge in [-0.05, 0) is 6.42 Å². The van der Waals surface area contributed by atoms with Crippen LogP contribution >= 0.6 is 0 Å². The molecule has 4 nitrogen and oxygen atoms in total. The van der Waals surface area contributed by atoms with Crippen molar-refractivity contribution in [3.8, 4) is 0 Å². The van der Waals surface area contributed by atoms with Crippen molar-refractivity contribution >= 4 is 5.97 Å². The molecule has 1 aromatic rings. The summed E-state index contributed by atoms with van der Waals surface area (Å²) in [4.78, 5) is 14.3. The van der Waals surface area contributed by atoms with Gasteiger partial charge in [0.05, 0.1) is 5.56 Å². The van der Waals surface area contributed by atoms with Gasteiger partial charge in [0.25, 0.3) is 0 Å². The van der Waals surface area contributed by atoms with Crippen LogP contribution in [-0.4, -0.2) is 22.6 Å². The molecule has 0 saturated carbocycles. The van der Waals surface area contributed by atoms with Gasteiger partial charge in [-0.2, -0.15) is 0 Å². The van der Waals surface area contributed by atoms with Gasteiger partial charge < -0.3 is 15.4 Å². The summed E-state index contributed by atoms with van der Waals surface area (Å²) in [5.74, 6) is -0.817. The SMILES string of the molecule is CCc1[nH]c2c(c1C(=O)O)CNCC2. The fraction of sp³-hybridized carbons (Fsp3) is 0.500. The van der Waals surface area contributed by atoms with Gasteiger partial charge in [0.1, 0.15) is 0 Å². The summed E-state index contributed by atoms with van der Waals surface area (Å²) >= 11 is 0. The number of aromatic carboxylic acids is 1. The van der Waals surface area contributed by atoms with E-state index in [0.29, 0.717) is 12.1 Å². The number of rotatable bonds is 2. The minimum atomic E-state index is -0.817.